The molecule has 0 fully saturated rings. The van der Waals surface area contributed by atoms with Crippen LogP contribution < -0.4 is 5.32 Å². The first-order chi connectivity index (χ1) is 8.16. The monoisotopic (exact) mass is 248 g/mol. The topological polar surface area (TPSA) is 62.2 Å². The highest BCUT2D eigenvalue weighted by atomic mass is 32.1. The number of pyridine rings is 1. The Morgan fingerprint density at radius 1 is 1.47 bits per heavy atom. The van der Waals surface area contributed by atoms with E-state index >= 15 is 0 Å². The van der Waals surface area contributed by atoms with Gasteiger partial charge in [0.2, 0.25) is 0 Å². The van der Waals surface area contributed by atoms with Crippen LogP contribution in [0.2, 0.25) is 0 Å². The number of anilines is 1. The van der Waals surface area contributed by atoms with Crippen molar-refractivity contribution in [1.29, 1.82) is 0 Å². The predicted octanol–water partition coefficient (Wildman–Crippen LogP) is 2.76. The van der Waals surface area contributed by atoms with Crippen LogP contribution in [0.4, 0.5) is 5.82 Å². The summed E-state index contributed by atoms with van der Waals surface area (Å²) in [5, 5.41) is 16.1. The molecule has 0 radical (unpaired) electrons. The second-order valence-electron chi connectivity index (χ2n) is 3.64. The fourth-order valence-corrected chi connectivity index (χ4v) is 2.11. The first-order valence-corrected chi connectivity index (χ1v) is 6.07. The Morgan fingerprint density at radius 3 is 2.94 bits per heavy atom. The molecular weight excluding hydrogens is 236 g/mol. The Morgan fingerprint density at radius 2 is 2.29 bits per heavy atom. The van der Waals surface area contributed by atoms with Crippen molar-refractivity contribution in [1.82, 2.24) is 4.98 Å². The molecule has 17 heavy (non-hydrogen) atoms. The van der Waals surface area contributed by atoms with Gasteiger partial charge in [-0.05, 0) is 41.4 Å². The van der Waals surface area contributed by atoms with Gasteiger partial charge in [0.1, 0.15) is 11.4 Å². The standard InChI is InChI=1S/C12H12N2O2S/c1-8-2-3-10(12(15)16)11(14-8)13-6-9-4-5-17-7-9/h2-5,7H,6H2,1H3,(H,13,14)(H,15,16). The molecule has 0 unspecified atom stereocenters. The van der Waals surface area contributed by atoms with Crippen LogP contribution in [0.5, 0.6) is 0 Å². The van der Waals surface area contributed by atoms with Crippen LogP contribution in [0.1, 0.15) is 21.6 Å². The van der Waals surface area contributed by atoms with E-state index in [0.717, 1.165) is 11.3 Å². The van der Waals surface area contributed by atoms with E-state index in [1.54, 1.807) is 23.5 Å². The summed E-state index contributed by atoms with van der Waals surface area (Å²) in [5.41, 5.74) is 2.11. The summed E-state index contributed by atoms with van der Waals surface area (Å²) in [4.78, 5) is 15.2. The van der Waals surface area contributed by atoms with Crippen LogP contribution >= 0.6 is 11.3 Å². The second-order valence-corrected chi connectivity index (χ2v) is 4.42. The van der Waals surface area contributed by atoms with Crippen molar-refractivity contribution < 1.29 is 9.90 Å². The first kappa shape index (κ1) is 11.6. The molecule has 2 heterocycles. The van der Waals surface area contributed by atoms with Crippen molar-refractivity contribution in [2.45, 2.75) is 13.5 Å². The van der Waals surface area contributed by atoms with E-state index in [2.05, 4.69) is 10.3 Å². The molecule has 2 aromatic heterocycles. The van der Waals surface area contributed by atoms with Crippen molar-refractivity contribution in [2.75, 3.05) is 5.32 Å². The number of aryl methyl sites for hydroxylation is 1. The Labute approximate surface area is 103 Å². The van der Waals surface area contributed by atoms with Crippen LogP contribution in [-0.4, -0.2) is 16.1 Å². The maximum absolute atomic E-state index is 11.0. The Kier molecular flexibility index (Phi) is 3.39. The molecule has 0 aliphatic heterocycles. The van der Waals surface area contributed by atoms with Crippen LogP contribution in [0, 0.1) is 6.92 Å². The maximum atomic E-state index is 11.0. The van der Waals surface area contributed by atoms with Crippen molar-refractivity contribution in [2.24, 2.45) is 0 Å². The lowest BCUT2D eigenvalue weighted by molar-refractivity contribution is 0.0697. The summed E-state index contributed by atoms with van der Waals surface area (Å²) in [6.07, 6.45) is 0. The van der Waals surface area contributed by atoms with Gasteiger partial charge in [0.05, 0.1) is 0 Å². The maximum Gasteiger partial charge on any atom is 0.339 e. The van der Waals surface area contributed by atoms with E-state index in [-0.39, 0.29) is 5.56 Å². The van der Waals surface area contributed by atoms with Crippen LogP contribution in [-0.2, 0) is 6.54 Å². The van der Waals surface area contributed by atoms with Gasteiger partial charge in [-0.3, -0.25) is 0 Å². The minimum atomic E-state index is -0.967. The van der Waals surface area contributed by atoms with E-state index in [0.29, 0.717) is 12.4 Å². The zero-order valence-corrected chi connectivity index (χ0v) is 10.1. The number of hydrogen-bond acceptors (Lipinski definition) is 4. The molecule has 0 bridgehead atoms. The van der Waals surface area contributed by atoms with Gasteiger partial charge in [0.15, 0.2) is 0 Å². The molecule has 0 aromatic carbocycles. The van der Waals surface area contributed by atoms with E-state index in [9.17, 15) is 4.79 Å². The molecule has 0 amide bonds. The van der Waals surface area contributed by atoms with Gasteiger partial charge in [-0.25, -0.2) is 9.78 Å². The fourth-order valence-electron chi connectivity index (χ4n) is 1.44. The van der Waals surface area contributed by atoms with Crippen LogP contribution in [0.15, 0.2) is 29.0 Å². The molecule has 2 aromatic rings. The van der Waals surface area contributed by atoms with Crippen molar-refractivity contribution in [3.05, 3.63) is 45.8 Å². The molecule has 0 aliphatic rings. The van der Waals surface area contributed by atoms with Crippen molar-refractivity contribution >= 4 is 23.1 Å². The number of carbonyl (C=O) groups is 1. The van der Waals surface area contributed by atoms with E-state index in [1.807, 2.05) is 23.8 Å². The quantitative estimate of drug-likeness (QED) is 0.873. The number of nitrogens with zero attached hydrogens (tertiary/aromatic N) is 1. The lowest BCUT2D eigenvalue weighted by Gasteiger charge is -2.08. The highest BCUT2D eigenvalue weighted by Gasteiger charge is 2.11. The molecule has 0 spiro atoms. The Hall–Kier alpha value is -1.88. The minimum Gasteiger partial charge on any atom is -0.478 e. The lowest BCUT2D eigenvalue weighted by Crippen LogP contribution is -2.08. The average Bonchev–Trinajstić information content (AvgIpc) is 2.78. The molecule has 5 heteroatoms. The van der Waals surface area contributed by atoms with Crippen LogP contribution in [0.25, 0.3) is 0 Å². The molecule has 88 valence electrons. The largest absolute Gasteiger partial charge is 0.478 e. The fraction of sp³-hybridized carbons (Fsp3) is 0.167. The number of thiophene rings is 1. The van der Waals surface area contributed by atoms with Gasteiger partial charge in [0, 0.05) is 12.2 Å². The highest BCUT2D eigenvalue weighted by molar-refractivity contribution is 7.07. The smallest absolute Gasteiger partial charge is 0.339 e. The summed E-state index contributed by atoms with van der Waals surface area (Å²) in [7, 11) is 0. The third-order valence-corrected chi connectivity index (χ3v) is 3.04. The molecule has 0 atom stereocenters. The SMILES string of the molecule is Cc1ccc(C(=O)O)c(NCc2ccsc2)n1. The number of carboxylic acids is 1. The van der Waals surface area contributed by atoms with Crippen molar-refractivity contribution in [3.8, 4) is 0 Å². The summed E-state index contributed by atoms with van der Waals surface area (Å²) < 4.78 is 0. The minimum absolute atomic E-state index is 0.200. The summed E-state index contributed by atoms with van der Waals surface area (Å²) in [6.45, 7) is 2.42. The number of aromatic nitrogens is 1. The third-order valence-electron chi connectivity index (χ3n) is 2.30. The number of carboxylic acid groups (broad SMARTS) is 1. The van der Waals surface area contributed by atoms with E-state index in [1.165, 1.54) is 0 Å². The Bertz CT molecular complexity index is 523. The van der Waals surface area contributed by atoms with Gasteiger partial charge >= 0.3 is 5.97 Å². The molecule has 2 rings (SSSR count). The molecule has 0 saturated carbocycles. The summed E-state index contributed by atoms with van der Waals surface area (Å²) >= 11 is 1.61. The van der Waals surface area contributed by atoms with E-state index in [4.69, 9.17) is 5.11 Å². The zero-order valence-electron chi connectivity index (χ0n) is 9.30. The highest BCUT2D eigenvalue weighted by Crippen LogP contribution is 2.15. The third kappa shape index (κ3) is 2.82. The summed E-state index contributed by atoms with van der Waals surface area (Å²) in [5.74, 6) is -0.547. The number of hydrogen-bond donors (Lipinski definition) is 2. The molecule has 0 saturated heterocycles. The van der Waals surface area contributed by atoms with Gasteiger partial charge in [-0.15, -0.1) is 0 Å². The van der Waals surface area contributed by atoms with Crippen LogP contribution in [0.3, 0.4) is 0 Å². The number of aromatic carboxylic acids is 1. The van der Waals surface area contributed by atoms with Crippen molar-refractivity contribution in [3.63, 3.8) is 0 Å². The lowest BCUT2D eigenvalue weighted by atomic mass is 10.2. The predicted molar refractivity (Wildman–Crippen MR) is 67.6 cm³/mol. The molecule has 4 nitrogen and oxygen atoms in total. The second kappa shape index (κ2) is 4.97. The average molecular weight is 248 g/mol. The zero-order chi connectivity index (χ0) is 12.3. The van der Waals surface area contributed by atoms with E-state index < -0.39 is 5.97 Å². The normalized spacial score (nSPS) is 10.2. The first-order valence-electron chi connectivity index (χ1n) is 5.12. The van der Waals surface area contributed by atoms with Gasteiger partial charge in [0.25, 0.3) is 0 Å². The number of nitrogens with one attached hydrogen (secondary N) is 1. The van der Waals surface area contributed by atoms with Gasteiger partial charge in [-0.2, -0.15) is 11.3 Å². The molecule has 0 aliphatic carbocycles. The molecule has 2 N–H and O–H groups in total. The van der Waals surface area contributed by atoms with Gasteiger partial charge in [-0.1, -0.05) is 0 Å². The molecular formula is C12H12N2O2S. The number of rotatable bonds is 4. The summed E-state index contributed by atoms with van der Waals surface area (Å²) in [6, 6.07) is 5.26. The van der Waals surface area contributed by atoms with Gasteiger partial charge < -0.3 is 10.4 Å². The Balaban J connectivity index is 2.19.